The van der Waals surface area contributed by atoms with Crippen LogP contribution in [0.1, 0.15) is 51.0 Å². The Morgan fingerprint density at radius 3 is 2.75 bits per heavy atom. The second-order valence-corrected chi connectivity index (χ2v) is 5.92. The lowest BCUT2D eigenvalue weighted by molar-refractivity contribution is 0.200. The molecule has 0 bridgehead atoms. The summed E-state index contributed by atoms with van der Waals surface area (Å²) in [5.74, 6) is 0.736. The number of ether oxygens (including phenoxy) is 1. The molecule has 0 radical (unpaired) electrons. The maximum Gasteiger partial charge on any atom is 0.165 e. The van der Waals surface area contributed by atoms with Crippen molar-refractivity contribution >= 4 is 0 Å². The molecule has 1 atom stereocenters. The third kappa shape index (κ3) is 4.20. The Bertz CT molecular complexity index is 415. The zero-order valence-corrected chi connectivity index (χ0v) is 12.4. The van der Waals surface area contributed by atoms with Crippen molar-refractivity contribution in [3.05, 3.63) is 29.6 Å². The van der Waals surface area contributed by atoms with Gasteiger partial charge in [-0.15, -0.1) is 0 Å². The van der Waals surface area contributed by atoms with E-state index in [1.54, 1.807) is 6.07 Å². The molecule has 3 heteroatoms. The van der Waals surface area contributed by atoms with Gasteiger partial charge in [0.05, 0.1) is 6.61 Å². The van der Waals surface area contributed by atoms with Crippen LogP contribution in [-0.2, 0) is 6.42 Å². The van der Waals surface area contributed by atoms with E-state index in [0.717, 1.165) is 12.0 Å². The van der Waals surface area contributed by atoms with E-state index in [4.69, 9.17) is 10.5 Å². The highest BCUT2D eigenvalue weighted by Gasteiger charge is 2.17. The van der Waals surface area contributed by atoms with Crippen LogP contribution >= 0.6 is 0 Å². The van der Waals surface area contributed by atoms with Crippen molar-refractivity contribution in [3.8, 4) is 5.75 Å². The van der Waals surface area contributed by atoms with Gasteiger partial charge in [0.25, 0.3) is 0 Å². The highest BCUT2D eigenvalue weighted by atomic mass is 19.1. The number of nitrogens with two attached hydrogens (primary N) is 1. The smallest absolute Gasteiger partial charge is 0.165 e. The third-order valence-electron chi connectivity index (χ3n) is 4.24. The van der Waals surface area contributed by atoms with E-state index in [0.29, 0.717) is 24.7 Å². The Morgan fingerprint density at radius 2 is 2.05 bits per heavy atom. The molecule has 0 saturated heterocycles. The highest BCUT2D eigenvalue weighted by Crippen LogP contribution is 2.28. The van der Waals surface area contributed by atoms with Crippen LogP contribution in [0.25, 0.3) is 0 Å². The highest BCUT2D eigenvalue weighted by molar-refractivity contribution is 5.35. The molecule has 1 aromatic rings. The molecule has 1 aromatic carbocycles. The number of hydrogen-bond acceptors (Lipinski definition) is 2. The molecule has 0 aliphatic heterocycles. The van der Waals surface area contributed by atoms with Crippen LogP contribution in [0, 0.1) is 11.7 Å². The van der Waals surface area contributed by atoms with Crippen LogP contribution in [0.15, 0.2) is 18.2 Å². The summed E-state index contributed by atoms with van der Waals surface area (Å²) in [5.41, 5.74) is 6.88. The van der Waals surface area contributed by atoms with E-state index < -0.39 is 0 Å². The van der Waals surface area contributed by atoms with Crippen LogP contribution < -0.4 is 10.5 Å². The van der Waals surface area contributed by atoms with E-state index in [1.165, 1.54) is 38.2 Å². The quantitative estimate of drug-likeness (QED) is 0.852. The Balaban J connectivity index is 2.01. The second-order valence-electron chi connectivity index (χ2n) is 5.92. The van der Waals surface area contributed by atoms with Crippen LogP contribution in [0.3, 0.4) is 0 Å². The molecule has 2 N–H and O–H groups in total. The first kappa shape index (κ1) is 15.3. The zero-order valence-electron chi connectivity index (χ0n) is 12.4. The van der Waals surface area contributed by atoms with Crippen LogP contribution in [0.2, 0.25) is 0 Å². The Hall–Kier alpha value is -1.09. The lowest BCUT2D eigenvalue weighted by Crippen LogP contribution is -2.22. The first-order chi connectivity index (χ1) is 9.70. The molecule has 1 saturated carbocycles. The largest absolute Gasteiger partial charge is 0.490 e. The average molecular weight is 279 g/mol. The van der Waals surface area contributed by atoms with Gasteiger partial charge in [0.15, 0.2) is 11.6 Å². The van der Waals surface area contributed by atoms with Gasteiger partial charge in [0.2, 0.25) is 0 Å². The fourth-order valence-corrected chi connectivity index (χ4v) is 2.86. The van der Waals surface area contributed by atoms with Crippen LogP contribution in [0.5, 0.6) is 5.75 Å². The van der Waals surface area contributed by atoms with E-state index in [9.17, 15) is 4.39 Å². The fourth-order valence-electron chi connectivity index (χ4n) is 2.86. The molecule has 0 heterocycles. The van der Waals surface area contributed by atoms with Gasteiger partial charge in [-0.1, -0.05) is 38.3 Å². The molecule has 112 valence electrons. The Morgan fingerprint density at radius 1 is 1.30 bits per heavy atom. The minimum atomic E-state index is -0.262. The summed E-state index contributed by atoms with van der Waals surface area (Å²) in [6.07, 6.45) is 7.86. The normalized spacial score (nSPS) is 17.9. The first-order valence-corrected chi connectivity index (χ1v) is 7.86. The van der Waals surface area contributed by atoms with Gasteiger partial charge >= 0.3 is 0 Å². The maximum atomic E-state index is 14.0. The summed E-state index contributed by atoms with van der Waals surface area (Å²) in [7, 11) is 0. The monoisotopic (exact) mass is 279 g/mol. The summed E-state index contributed by atoms with van der Waals surface area (Å²) in [5, 5.41) is 0. The molecule has 2 rings (SSSR count). The SMILES string of the molecule is CCC(N)Cc1cccc(F)c1OCC1CCCCC1. The first-order valence-electron chi connectivity index (χ1n) is 7.86. The predicted octanol–water partition coefficient (Wildman–Crippen LogP) is 4.06. The summed E-state index contributed by atoms with van der Waals surface area (Å²) >= 11 is 0. The lowest BCUT2D eigenvalue weighted by Gasteiger charge is -2.23. The fraction of sp³-hybridized carbons (Fsp3) is 0.647. The van der Waals surface area contributed by atoms with Crippen molar-refractivity contribution in [2.75, 3.05) is 6.61 Å². The number of hydrogen-bond donors (Lipinski definition) is 1. The average Bonchev–Trinajstić information content (AvgIpc) is 2.47. The van der Waals surface area contributed by atoms with Crippen LogP contribution in [0.4, 0.5) is 4.39 Å². The summed E-state index contributed by atoms with van der Waals surface area (Å²) in [6.45, 7) is 2.68. The van der Waals surface area contributed by atoms with Gasteiger partial charge in [-0.25, -0.2) is 4.39 Å². The van der Waals surface area contributed by atoms with Crippen molar-refractivity contribution in [1.29, 1.82) is 0 Å². The van der Waals surface area contributed by atoms with E-state index >= 15 is 0 Å². The lowest BCUT2D eigenvalue weighted by atomic mass is 9.90. The van der Waals surface area contributed by atoms with E-state index in [1.807, 2.05) is 13.0 Å². The van der Waals surface area contributed by atoms with Crippen molar-refractivity contribution in [3.63, 3.8) is 0 Å². The van der Waals surface area contributed by atoms with Gasteiger partial charge in [0, 0.05) is 6.04 Å². The molecule has 20 heavy (non-hydrogen) atoms. The molecule has 1 aliphatic carbocycles. The van der Waals surface area contributed by atoms with E-state index in [2.05, 4.69) is 0 Å². The number of rotatable bonds is 6. The number of para-hydroxylation sites is 1. The van der Waals surface area contributed by atoms with Crippen molar-refractivity contribution in [2.45, 2.75) is 57.9 Å². The summed E-state index contributed by atoms with van der Waals surface area (Å²) in [4.78, 5) is 0. The van der Waals surface area contributed by atoms with Gasteiger partial charge < -0.3 is 10.5 Å². The molecule has 1 unspecified atom stereocenters. The molecule has 2 nitrogen and oxygen atoms in total. The van der Waals surface area contributed by atoms with Gasteiger partial charge in [0.1, 0.15) is 0 Å². The number of halogens is 1. The molecule has 0 amide bonds. The maximum absolute atomic E-state index is 14.0. The Labute approximate surface area is 121 Å². The van der Waals surface area contributed by atoms with Gasteiger partial charge in [-0.3, -0.25) is 0 Å². The third-order valence-corrected chi connectivity index (χ3v) is 4.24. The molecular weight excluding hydrogens is 253 g/mol. The van der Waals surface area contributed by atoms with Crippen molar-refractivity contribution in [1.82, 2.24) is 0 Å². The van der Waals surface area contributed by atoms with Crippen molar-refractivity contribution < 1.29 is 9.13 Å². The second kappa shape index (κ2) is 7.63. The molecule has 1 aliphatic rings. The number of benzene rings is 1. The molecule has 1 fully saturated rings. The summed E-state index contributed by atoms with van der Waals surface area (Å²) < 4.78 is 19.8. The predicted molar refractivity (Wildman–Crippen MR) is 80.4 cm³/mol. The minimum absolute atomic E-state index is 0.0637. The topological polar surface area (TPSA) is 35.2 Å². The minimum Gasteiger partial charge on any atom is -0.490 e. The van der Waals surface area contributed by atoms with E-state index in [-0.39, 0.29) is 11.9 Å². The zero-order chi connectivity index (χ0) is 14.4. The molecular formula is C17H26FNO. The van der Waals surface area contributed by atoms with Crippen molar-refractivity contribution in [2.24, 2.45) is 11.7 Å². The standard InChI is InChI=1S/C17H26FNO/c1-2-15(19)11-14-9-6-10-16(18)17(14)20-12-13-7-4-3-5-8-13/h6,9-10,13,15H,2-5,7-8,11-12,19H2,1H3. The summed E-state index contributed by atoms with van der Waals surface area (Å²) in [6, 6.07) is 5.20. The Kier molecular flexibility index (Phi) is 5.84. The van der Waals surface area contributed by atoms with Gasteiger partial charge in [-0.05, 0) is 43.2 Å². The van der Waals surface area contributed by atoms with Gasteiger partial charge in [-0.2, -0.15) is 0 Å². The molecule has 0 aromatic heterocycles. The molecule has 0 spiro atoms. The van der Waals surface area contributed by atoms with Crippen LogP contribution in [-0.4, -0.2) is 12.6 Å².